The molecule has 1 aromatic carbocycles. The van der Waals surface area contributed by atoms with Gasteiger partial charge in [0, 0.05) is 22.0 Å². The maximum atomic E-state index is 5.51. The largest absolute Gasteiger partial charge is 0.372 e. The monoisotopic (exact) mass is 277 g/mol. The summed E-state index contributed by atoms with van der Waals surface area (Å²) in [6, 6.07) is 6.45. The van der Waals surface area contributed by atoms with Crippen LogP contribution in [0, 0.1) is 6.92 Å². The molecule has 1 aliphatic heterocycles. The summed E-state index contributed by atoms with van der Waals surface area (Å²) in [5.74, 6) is 0. The summed E-state index contributed by atoms with van der Waals surface area (Å²) in [6.07, 6.45) is 0. The average Bonchev–Trinajstić information content (AvgIpc) is 2.78. The molecule has 1 aromatic heterocycles. The Morgan fingerprint density at radius 2 is 2.12 bits per heavy atom. The fraction of sp³-hybridized carbons (Fsp3) is 0.308. The number of aryl methyl sites for hydroxylation is 1. The van der Waals surface area contributed by atoms with Crippen molar-refractivity contribution in [1.29, 1.82) is 0 Å². The van der Waals surface area contributed by atoms with Crippen LogP contribution in [0.5, 0.6) is 0 Å². The number of nitrogens with zero attached hydrogens (tertiary/aromatic N) is 1. The van der Waals surface area contributed by atoms with E-state index in [0.29, 0.717) is 6.61 Å². The highest BCUT2D eigenvalue weighted by atomic mass is 79.9. The second-order valence-electron chi connectivity index (χ2n) is 4.13. The van der Waals surface area contributed by atoms with Crippen LogP contribution in [0.25, 0.3) is 10.9 Å². The van der Waals surface area contributed by atoms with E-state index >= 15 is 0 Å². The Kier molecular flexibility index (Phi) is 2.45. The number of rotatable bonds is 1. The smallest absolute Gasteiger partial charge is 0.0742 e. The van der Waals surface area contributed by atoms with Crippen molar-refractivity contribution in [2.24, 2.45) is 0 Å². The van der Waals surface area contributed by atoms with Gasteiger partial charge in [-0.1, -0.05) is 28.1 Å². The molecule has 0 spiro atoms. The number of hydrogen-bond donors (Lipinski definition) is 0. The van der Waals surface area contributed by atoms with Crippen molar-refractivity contribution < 1.29 is 4.74 Å². The van der Waals surface area contributed by atoms with Gasteiger partial charge in [-0.05, 0) is 24.1 Å². The minimum absolute atomic E-state index is 0.713. The molecule has 2 nitrogen and oxygen atoms in total. The van der Waals surface area contributed by atoms with Crippen LogP contribution in [0.15, 0.2) is 18.2 Å². The van der Waals surface area contributed by atoms with Crippen molar-refractivity contribution in [3.8, 4) is 0 Å². The van der Waals surface area contributed by atoms with Crippen molar-refractivity contribution in [1.82, 2.24) is 4.98 Å². The highest BCUT2D eigenvalue weighted by Crippen LogP contribution is 2.30. The van der Waals surface area contributed by atoms with E-state index in [1.165, 1.54) is 22.1 Å². The van der Waals surface area contributed by atoms with E-state index in [0.717, 1.165) is 23.1 Å². The quantitative estimate of drug-likeness (QED) is 0.745. The first kappa shape index (κ1) is 10.2. The number of hydrogen-bond acceptors (Lipinski definition) is 2. The lowest BCUT2D eigenvalue weighted by Gasteiger charge is -2.07. The zero-order valence-electron chi connectivity index (χ0n) is 9.09. The molecule has 0 unspecified atom stereocenters. The normalized spacial score (nSPS) is 14.4. The Morgan fingerprint density at radius 1 is 1.31 bits per heavy atom. The van der Waals surface area contributed by atoms with E-state index in [2.05, 4.69) is 46.0 Å². The Labute approximate surface area is 103 Å². The SMILES string of the molecule is Cc1nc2cc(CBr)ccc2c2c1COC2. The molecule has 0 saturated heterocycles. The zero-order chi connectivity index (χ0) is 11.1. The first-order valence-corrected chi connectivity index (χ1v) is 6.46. The van der Waals surface area contributed by atoms with Gasteiger partial charge in [0.15, 0.2) is 0 Å². The first-order chi connectivity index (χ1) is 7.79. The van der Waals surface area contributed by atoms with Gasteiger partial charge in [0.05, 0.1) is 18.7 Å². The number of ether oxygens (including phenoxy) is 1. The second kappa shape index (κ2) is 3.82. The van der Waals surface area contributed by atoms with E-state index in [-0.39, 0.29) is 0 Å². The van der Waals surface area contributed by atoms with Crippen LogP contribution in [-0.4, -0.2) is 4.98 Å². The van der Waals surface area contributed by atoms with Gasteiger partial charge in [0.1, 0.15) is 0 Å². The van der Waals surface area contributed by atoms with Crippen molar-refractivity contribution >= 4 is 26.8 Å². The number of pyridine rings is 1. The van der Waals surface area contributed by atoms with E-state index in [9.17, 15) is 0 Å². The molecule has 2 heterocycles. The number of alkyl halides is 1. The van der Waals surface area contributed by atoms with Crippen LogP contribution in [0.4, 0.5) is 0 Å². The Hall–Kier alpha value is -0.930. The van der Waals surface area contributed by atoms with E-state index in [1.54, 1.807) is 0 Å². The maximum Gasteiger partial charge on any atom is 0.0742 e. The lowest BCUT2D eigenvalue weighted by molar-refractivity contribution is 0.134. The van der Waals surface area contributed by atoms with Crippen molar-refractivity contribution in [2.75, 3.05) is 0 Å². The molecule has 3 rings (SSSR count). The molecule has 0 radical (unpaired) electrons. The standard InChI is InChI=1S/C13H12BrNO/c1-8-11-6-16-7-12(11)10-3-2-9(5-14)4-13(10)15-8/h2-4H,5-7H2,1H3. The topological polar surface area (TPSA) is 22.1 Å². The van der Waals surface area contributed by atoms with Crippen molar-refractivity contribution in [3.05, 3.63) is 40.6 Å². The number of fused-ring (bicyclic) bond motifs is 3. The van der Waals surface area contributed by atoms with Gasteiger partial charge in [0.25, 0.3) is 0 Å². The number of halogens is 1. The first-order valence-electron chi connectivity index (χ1n) is 5.34. The van der Waals surface area contributed by atoms with E-state index in [4.69, 9.17) is 4.74 Å². The molecule has 0 saturated carbocycles. The summed E-state index contributed by atoms with van der Waals surface area (Å²) in [7, 11) is 0. The summed E-state index contributed by atoms with van der Waals surface area (Å²) in [6.45, 7) is 3.50. The molecule has 0 bridgehead atoms. The minimum Gasteiger partial charge on any atom is -0.372 e. The molecule has 0 amide bonds. The summed E-state index contributed by atoms with van der Waals surface area (Å²) >= 11 is 3.47. The van der Waals surface area contributed by atoms with Crippen molar-refractivity contribution in [3.63, 3.8) is 0 Å². The van der Waals surface area contributed by atoms with Crippen LogP contribution < -0.4 is 0 Å². The van der Waals surface area contributed by atoms with Gasteiger partial charge in [0.2, 0.25) is 0 Å². The third kappa shape index (κ3) is 1.46. The summed E-state index contributed by atoms with van der Waals surface area (Å²) < 4.78 is 5.51. The minimum atomic E-state index is 0.713. The van der Waals surface area contributed by atoms with Gasteiger partial charge in [-0.3, -0.25) is 4.98 Å². The highest BCUT2D eigenvalue weighted by molar-refractivity contribution is 9.08. The molecule has 0 N–H and O–H groups in total. The molecule has 1 aliphatic rings. The second-order valence-corrected chi connectivity index (χ2v) is 4.69. The summed E-state index contributed by atoms with van der Waals surface area (Å²) in [4.78, 5) is 4.66. The van der Waals surface area contributed by atoms with Crippen LogP contribution in [0.1, 0.15) is 22.4 Å². The van der Waals surface area contributed by atoms with Gasteiger partial charge >= 0.3 is 0 Å². The average molecular weight is 278 g/mol. The van der Waals surface area contributed by atoms with Gasteiger partial charge < -0.3 is 4.74 Å². The predicted molar refractivity (Wildman–Crippen MR) is 67.6 cm³/mol. The Bertz CT molecular complexity index is 565. The van der Waals surface area contributed by atoms with Crippen LogP contribution in [-0.2, 0) is 23.3 Å². The molecule has 3 heteroatoms. The number of aromatic nitrogens is 1. The molecular weight excluding hydrogens is 266 g/mol. The molecule has 0 fully saturated rings. The lowest BCUT2D eigenvalue weighted by atomic mass is 10.0. The lowest BCUT2D eigenvalue weighted by Crippen LogP contribution is -1.95. The third-order valence-corrected chi connectivity index (χ3v) is 3.77. The fourth-order valence-corrected chi connectivity index (χ4v) is 2.60. The highest BCUT2D eigenvalue weighted by Gasteiger charge is 2.18. The Morgan fingerprint density at radius 3 is 2.94 bits per heavy atom. The molecule has 0 atom stereocenters. The van der Waals surface area contributed by atoms with E-state index in [1.807, 2.05) is 0 Å². The van der Waals surface area contributed by atoms with Gasteiger partial charge in [-0.25, -0.2) is 0 Å². The van der Waals surface area contributed by atoms with Crippen LogP contribution in [0.3, 0.4) is 0 Å². The predicted octanol–water partition coefficient (Wildman–Crippen LogP) is 3.47. The van der Waals surface area contributed by atoms with Gasteiger partial charge in [-0.2, -0.15) is 0 Å². The Balaban J connectivity index is 2.33. The van der Waals surface area contributed by atoms with Crippen LogP contribution in [0.2, 0.25) is 0 Å². The third-order valence-electron chi connectivity index (χ3n) is 3.12. The van der Waals surface area contributed by atoms with Crippen molar-refractivity contribution in [2.45, 2.75) is 25.5 Å². The van der Waals surface area contributed by atoms with Gasteiger partial charge in [-0.15, -0.1) is 0 Å². The fourth-order valence-electron chi connectivity index (χ4n) is 2.25. The molecule has 16 heavy (non-hydrogen) atoms. The van der Waals surface area contributed by atoms with Crippen LogP contribution >= 0.6 is 15.9 Å². The summed E-state index contributed by atoms with van der Waals surface area (Å²) in [5.41, 5.74) is 6.05. The molecule has 2 aromatic rings. The summed E-state index contributed by atoms with van der Waals surface area (Å²) in [5, 5.41) is 2.11. The van der Waals surface area contributed by atoms with E-state index < -0.39 is 0 Å². The maximum absolute atomic E-state index is 5.51. The molecule has 82 valence electrons. The molecular formula is C13H12BrNO. The zero-order valence-corrected chi connectivity index (χ0v) is 10.7. The molecule has 0 aliphatic carbocycles. The number of benzene rings is 1.